The number of hydrogen-bond donors (Lipinski definition) is 0. The van der Waals surface area contributed by atoms with Gasteiger partial charge in [-0.2, -0.15) is 5.10 Å². The van der Waals surface area contributed by atoms with E-state index in [0.717, 1.165) is 36.0 Å². The van der Waals surface area contributed by atoms with Gasteiger partial charge >= 0.3 is 0 Å². The molecule has 2 heterocycles. The lowest BCUT2D eigenvalue weighted by atomic mass is 10.2. The molecular formula is C12H20ClN3O. The number of rotatable bonds is 2. The summed E-state index contributed by atoms with van der Waals surface area (Å²) in [4.78, 5) is 2.38. The van der Waals surface area contributed by atoms with Gasteiger partial charge < -0.3 is 4.74 Å². The summed E-state index contributed by atoms with van der Waals surface area (Å²) >= 11 is 6.25. The molecule has 4 nitrogen and oxygen atoms in total. The van der Waals surface area contributed by atoms with Gasteiger partial charge in [0.15, 0.2) is 0 Å². The Hall–Kier alpha value is -0.580. The van der Waals surface area contributed by atoms with E-state index in [-0.39, 0.29) is 12.2 Å². The standard InChI is InChI=1S/C12H20ClN3O/c1-8-5-16(6-9(2)17-8)7-11-10(3)14-15(4)12(11)13/h8-9H,5-7H2,1-4H3/t8-,9+. The molecule has 0 aromatic carbocycles. The lowest BCUT2D eigenvalue weighted by Gasteiger charge is -2.35. The van der Waals surface area contributed by atoms with Crippen LogP contribution in [0.4, 0.5) is 0 Å². The fourth-order valence-electron chi connectivity index (χ4n) is 2.49. The first kappa shape index (κ1) is 12.9. The number of aromatic nitrogens is 2. The number of halogens is 1. The summed E-state index contributed by atoms with van der Waals surface area (Å²) in [6, 6.07) is 0. The highest BCUT2D eigenvalue weighted by Crippen LogP contribution is 2.22. The van der Waals surface area contributed by atoms with E-state index in [4.69, 9.17) is 16.3 Å². The molecule has 0 radical (unpaired) electrons. The summed E-state index contributed by atoms with van der Waals surface area (Å²) in [6.07, 6.45) is 0.573. The Bertz CT molecular complexity index is 395. The van der Waals surface area contributed by atoms with E-state index >= 15 is 0 Å². The van der Waals surface area contributed by atoms with Gasteiger partial charge in [0, 0.05) is 32.2 Å². The normalized spacial score (nSPS) is 26.4. The van der Waals surface area contributed by atoms with Crippen LogP contribution in [0.5, 0.6) is 0 Å². The van der Waals surface area contributed by atoms with Gasteiger partial charge in [0.2, 0.25) is 0 Å². The van der Waals surface area contributed by atoms with Crippen LogP contribution in [0.2, 0.25) is 5.15 Å². The van der Waals surface area contributed by atoms with Crippen molar-refractivity contribution in [2.45, 2.75) is 39.5 Å². The van der Waals surface area contributed by atoms with Crippen molar-refractivity contribution < 1.29 is 4.74 Å². The van der Waals surface area contributed by atoms with Crippen LogP contribution in [-0.4, -0.2) is 40.0 Å². The lowest BCUT2D eigenvalue weighted by Crippen LogP contribution is -2.44. The number of hydrogen-bond acceptors (Lipinski definition) is 3. The fraction of sp³-hybridized carbons (Fsp3) is 0.750. The number of ether oxygens (including phenoxy) is 1. The molecular weight excluding hydrogens is 238 g/mol. The second-order valence-corrected chi connectivity index (χ2v) is 5.29. The van der Waals surface area contributed by atoms with Crippen molar-refractivity contribution in [1.29, 1.82) is 0 Å². The Morgan fingerprint density at radius 3 is 2.41 bits per heavy atom. The van der Waals surface area contributed by atoms with Gasteiger partial charge in [-0.05, 0) is 20.8 Å². The van der Waals surface area contributed by atoms with Crippen LogP contribution in [0, 0.1) is 6.92 Å². The van der Waals surface area contributed by atoms with Gasteiger partial charge in [-0.15, -0.1) is 0 Å². The van der Waals surface area contributed by atoms with Crippen LogP contribution in [0.25, 0.3) is 0 Å². The molecule has 2 rings (SSSR count). The SMILES string of the molecule is Cc1nn(C)c(Cl)c1CN1C[C@@H](C)O[C@@H](C)C1. The molecule has 2 atom stereocenters. The Morgan fingerprint density at radius 1 is 1.35 bits per heavy atom. The molecule has 17 heavy (non-hydrogen) atoms. The molecule has 1 aliphatic heterocycles. The molecule has 0 saturated carbocycles. The minimum atomic E-state index is 0.287. The molecule has 0 N–H and O–H groups in total. The molecule has 1 aliphatic rings. The monoisotopic (exact) mass is 257 g/mol. The molecule has 96 valence electrons. The van der Waals surface area contributed by atoms with Gasteiger partial charge in [0.25, 0.3) is 0 Å². The molecule has 0 bridgehead atoms. The molecule has 5 heteroatoms. The molecule has 0 aliphatic carbocycles. The van der Waals surface area contributed by atoms with Crippen LogP contribution in [0.1, 0.15) is 25.1 Å². The average molecular weight is 258 g/mol. The van der Waals surface area contributed by atoms with Crippen LogP contribution >= 0.6 is 11.6 Å². The maximum atomic E-state index is 6.25. The largest absolute Gasteiger partial charge is 0.373 e. The van der Waals surface area contributed by atoms with Crippen molar-refractivity contribution in [2.24, 2.45) is 7.05 Å². The summed E-state index contributed by atoms with van der Waals surface area (Å²) in [6.45, 7) is 9.00. The zero-order valence-corrected chi connectivity index (χ0v) is 11.7. The molecule has 1 aromatic heterocycles. The Morgan fingerprint density at radius 2 is 1.94 bits per heavy atom. The second-order valence-electron chi connectivity index (χ2n) is 4.93. The van der Waals surface area contributed by atoms with Crippen molar-refractivity contribution in [1.82, 2.24) is 14.7 Å². The molecule has 0 spiro atoms. The maximum absolute atomic E-state index is 6.25. The van der Waals surface area contributed by atoms with Crippen LogP contribution in [0.15, 0.2) is 0 Å². The average Bonchev–Trinajstić information content (AvgIpc) is 2.44. The molecule has 1 fully saturated rings. The second kappa shape index (κ2) is 4.96. The van der Waals surface area contributed by atoms with Gasteiger partial charge in [-0.1, -0.05) is 11.6 Å². The molecule has 0 amide bonds. The first-order valence-electron chi connectivity index (χ1n) is 6.03. The smallest absolute Gasteiger partial charge is 0.131 e. The number of morpholine rings is 1. The molecule has 1 saturated heterocycles. The van der Waals surface area contributed by atoms with Crippen molar-refractivity contribution in [3.63, 3.8) is 0 Å². The molecule has 0 unspecified atom stereocenters. The van der Waals surface area contributed by atoms with E-state index in [9.17, 15) is 0 Å². The quantitative estimate of drug-likeness (QED) is 0.812. The summed E-state index contributed by atoms with van der Waals surface area (Å²) < 4.78 is 7.46. The third kappa shape index (κ3) is 2.81. The van der Waals surface area contributed by atoms with E-state index in [0.29, 0.717) is 0 Å². The van der Waals surface area contributed by atoms with Gasteiger partial charge in [0.1, 0.15) is 5.15 Å². The van der Waals surface area contributed by atoms with Crippen LogP contribution < -0.4 is 0 Å². The van der Waals surface area contributed by atoms with Crippen LogP contribution in [-0.2, 0) is 18.3 Å². The zero-order valence-electron chi connectivity index (χ0n) is 10.9. The van der Waals surface area contributed by atoms with Gasteiger partial charge in [-0.25, -0.2) is 0 Å². The van der Waals surface area contributed by atoms with E-state index < -0.39 is 0 Å². The van der Waals surface area contributed by atoms with Crippen molar-refractivity contribution in [3.8, 4) is 0 Å². The van der Waals surface area contributed by atoms with E-state index in [1.807, 2.05) is 14.0 Å². The Kier molecular flexibility index (Phi) is 3.76. The highest BCUT2D eigenvalue weighted by atomic mass is 35.5. The summed E-state index contributed by atoms with van der Waals surface area (Å²) in [7, 11) is 1.88. The van der Waals surface area contributed by atoms with E-state index in [1.54, 1.807) is 4.68 Å². The summed E-state index contributed by atoms with van der Waals surface area (Å²) in [5, 5.41) is 5.09. The highest BCUT2D eigenvalue weighted by Gasteiger charge is 2.24. The van der Waals surface area contributed by atoms with Crippen LogP contribution in [0.3, 0.4) is 0 Å². The van der Waals surface area contributed by atoms with Gasteiger partial charge in [0.05, 0.1) is 17.9 Å². The zero-order chi connectivity index (χ0) is 12.6. The third-order valence-corrected chi connectivity index (χ3v) is 3.62. The Balaban J connectivity index is 2.10. The van der Waals surface area contributed by atoms with Gasteiger partial charge in [-0.3, -0.25) is 9.58 Å². The van der Waals surface area contributed by atoms with Crippen molar-refractivity contribution >= 4 is 11.6 Å². The lowest BCUT2D eigenvalue weighted by molar-refractivity contribution is -0.0705. The van der Waals surface area contributed by atoms with E-state index in [1.165, 1.54) is 0 Å². The number of aryl methyl sites for hydroxylation is 2. The van der Waals surface area contributed by atoms with Crippen molar-refractivity contribution in [3.05, 3.63) is 16.4 Å². The minimum absolute atomic E-state index is 0.287. The predicted molar refractivity (Wildman–Crippen MR) is 68.2 cm³/mol. The summed E-state index contributed by atoms with van der Waals surface area (Å²) in [5.41, 5.74) is 2.15. The van der Waals surface area contributed by atoms with E-state index in [2.05, 4.69) is 23.8 Å². The first-order chi connectivity index (χ1) is 7.97. The fourth-order valence-corrected chi connectivity index (χ4v) is 2.72. The summed E-state index contributed by atoms with van der Waals surface area (Å²) in [5.74, 6) is 0. The highest BCUT2D eigenvalue weighted by molar-refractivity contribution is 6.30. The predicted octanol–water partition coefficient (Wildman–Crippen LogP) is 1.99. The topological polar surface area (TPSA) is 30.3 Å². The molecule has 1 aromatic rings. The Labute approximate surface area is 107 Å². The number of nitrogens with zero attached hydrogens (tertiary/aromatic N) is 3. The maximum Gasteiger partial charge on any atom is 0.131 e. The third-order valence-electron chi connectivity index (χ3n) is 3.15. The minimum Gasteiger partial charge on any atom is -0.373 e. The van der Waals surface area contributed by atoms with Crippen molar-refractivity contribution in [2.75, 3.05) is 13.1 Å². The first-order valence-corrected chi connectivity index (χ1v) is 6.41.